The van der Waals surface area contributed by atoms with Crippen molar-refractivity contribution in [3.63, 3.8) is 0 Å². The van der Waals surface area contributed by atoms with E-state index in [1.54, 1.807) is 11.9 Å². The van der Waals surface area contributed by atoms with Gasteiger partial charge in [0.25, 0.3) is 0 Å². The highest BCUT2D eigenvalue weighted by atomic mass is 35.5. The molecule has 0 saturated carbocycles. The van der Waals surface area contributed by atoms with Crippen molar-refractivity contribution in [2.75, 3.05) is 13.6 Å². The quantitative estimate of drug-likeness (QED) is 0.740. The fourth-order valence-corrected chi connectivity index (χ4v) is 1.89. The van der Waals surface area contributed by atoms with Gasteiger partial charge >= 0.3 is 0 Å². The third kappa shape index (κ3) is 3.53. The molecule has 0 saturated heterocycles. The number of halogens is 1. The summed E-state index contributed by atoms with van der Waals surface area (Å²) in [5.41, 5.74) is 1.04. The summed E-state index contributed by atoms with van der Waals surface area (Å²) < 4.78 is 0. The van der Waals surface area contributed by atoms with E-state index in [0.717, 1.165) is 5.56 Å². The lowest BCUT2D eigenvalue weighted by atomic mass is 10.00. The second-order valence-corrected chi connectivity index (χ2v) is 4.88. The first-order valence-electron chi connectivity index (χ1n) is 5.46. The third-order valence-electron chi connectivity index (χ3n) is 2.57. The van der Waals surface area contributed by atoms with Gasteiger partial charge < -0.3 is 4.90 Å². The first kappa shape index (κ1) is 13.0. The van der Waals surface area contributed by atoms with Gasteiger partial charge in [-0.3, -0.25) is 4.79 Å². The average molecular weight is 240 g/mol. The van der Waals surface area contributed by atoms with Crippen molar-refractivity contribution in [2.45, 2.75) is 25.1 Å². The molecule has 0 aliphatic carbocycles. The highest BCUT2D eigenvalue weighted by Crippen LogP contribution is 2.17. The minimum atomic E-state index is -0.110. The molecule has 0 aliphatic heterocycles. The molecule has 1 aromatic carbocycles. The lowest BCUT2D eigenvalue weighted by Gasteiger charge is -2.22. The third-order valence-corrected chi connectivity index (χ3v) is 2.71. The molecule has 2 atom stereocenters. The summed E-state index contributed by atoms with van der Waals surface area (Å²) in [7, 11) is 1.79. The Morgan fingerprint density at radius 3 is 2.38 bits per heavy atom. The number of likely N-dealkylation sites (N-methyl/N-ethyl adjacent to an activating group) is 1. The van der Waals surface area contributed by atoms with Gasteiger partial charge in [-0.05, 0) is 19.4 Å². The highest BCUT2D eigenvalue weighted by Gasteiger charge is 2.19. The van der Waals surface area contributed by atoms with Gasteiger partial charge in [-0.15, -0.1) is 11.6 Å². The van der Waals surface area contributed by atoms with Crippen LogP contribution in [0, 0.1) is 0 Å². The zero-order valence-corrected chi connectivity index (χ0v) is 10.7. The Labute approximate surface area is 102 Å². The van der Waals surface area contributed by atoms with Crippen molar-refractivity contribution in [3.8, 4) is 0 Å². The summed E-state index contributed by atoms with van der Waals surface area (Å²) in [6.45, 7) is 4.39. The number of nitrogens with zero attached hydrogens (tertiary/aromatic N) is 1. The van der Waals surface area contributed by atoms with Crippen LogP contribution in [0.2, 0.25) is 0 Å². The van der Waals surface area contributed by atoms with Crippen LogP contribution in [0.5, 0.6) is 0 Å². The molecule has 2 nitrogen and oxygen atoms in total. The molecular weight excluding hydrogens is 222 g/mol. The standard InChI is InChI=1S/C13H18ClNO/c1-10(14)9-15(3)13(16)11(2)12-7-5-4-6-8-12/h4-8,10-11H,9H2,1-3H3. The van der Waals surface area contributed by atoms with Crippen molar-refractivity contribution >= 4 is 17.5 Å². The number of rotatable bonds is 4. The van der Waals surface area contributed by atoms with Crippen LogP contribution in [0.1, 0.15) is 25.3 Å². The van der Waals surface area contributed by atoms with Gasteiger partial charge in [0, 0.05) is 19.0 Å². The van der Waals surface area contributed by atoms with Crippen molar-refractivity contribution < 1.29 is 4.79 Å². The van der Waals surface area contributed by atoms with Crippen LogP contribution < -0.4 is 0 Å². The second-order valence-electron chi connectivity index (χ2n) is 4.13. The molecule has 1 aromatic rings. The van der Waals surface area contributed by atoms with E-state index in [1.165, 1.54) is 0 Å². The van der Waals surface area contributed by atoms with E-state index in [2.05, 4.69) is 0 Å². The van der Waals surface area contributed by atoms with Gasteiger partial charge in [-0.1, -0.05) is 30.3 Å². The molecule has 1 amide bonds. The molecule has 1 rings (SSSR count). The van der Waals surface area contributed by atoms with Crippen LogP contribution >= 0.6 is 11.6 Å². The number of hydrogen-bond acceptors (Lipinski definition) is 1. The van der Waals surface area contributed by atoms with Gasteiger partial charge in [-0.2, -0.15) is 0 Å². The van der Waals surface area contributed by atoms with Crippen LogP contribution in [-0.2, 0) is 4.79 Å². The Morgan fingerprint density at radius 2 is 1.88 bits per heavy atom. The predicted molar refractivity (Wildman–Crippen MR) is 67.8 cm³/mol. The minimum absolute atomic E-state index is 0.0167. The van der Waals surface area contributed by atoms with Crippen LogP contribution in [0.3, 0.4) is 0 Å². The average Bonchev–Trinajstić information content (AvgIpc) is 2.27. The first-order valence-corrected chi connectivity index (χ1v) is 5.90. The normalized spacial score (nSPS) is 14.2. The van der Waals surface area contributed by atoms with E-state index >= 15 is 0 Å². The summed E-state index contributed by atoms with van der Waals surface area (Å²) >= 11 is 5.87. The van der Waals surface area contributed by atoms with E-state index in [-0.39, 0.29) is 17.2 Å². The number of carbonyl (C=O) groups excluding carboxylic acids is 1. The lowest BCUT2D eigenvalue weighted by Crippen LogP contribution is -2.34. The van der Waals surface area contributed by atoms with Crippen molar-refractivity contribution in [1.82, 2.24) is 4.90 Å². The van der Waals surface area contributed by atoms with Crippen LogP contribution in [-0.4, -0.2) is 29.8 Å². The molecule has 16 heavy (non-hydrogen) atoms. The molecule has 0 bridgehead atoms. The maximum absolute atomic E-state index is 12.0. The van der Waals surface area contributed by atoms with Crippen molar-refractivity contribution in [3.05, 3.63) is 35.9 Å². The maximum Gasteiger partial charge on any atom is 0.229 e. The van der Waals surface area contributed by atoms with E-state index in [9.17, 15) is 4.79 Å². The van der Waals surface area contributed by atoms with Gasteiger partial charge in [0.1, 0.15) is 0 Å². The Bertz CT molecular complexity index is 337. The Balaban J connectivity index is 2.67. The van der Waals surface area contributed by atoms with E-state index < -0.39 is 0 Å². The van der Waals surface area contributed by atoms with Gasteiger partial charge in [-0.25, -0.2) is 0 Å². The van der Waals surface area contributed by atoms with E-state index in [4.69, 9.17) is 11.6 Å². The molecular formula is C13H18ClNO. The van der Waals surface area contributed by atoms with Crippen LogP contribution in [0.4, 0.5) is 0 Å². The number of carbonyl (C=O) groups is 1. The first-order chi connectivity index (χ1) is 7.52. The summed E-state index contributed by atoms with van der Waals surface area (Å²) in [5.74, 6) is 0.000293. The van der Waals surface area contributed by atoms with Crippen molar-refractivity contribution in [1.29, 1.82) is 0 Å². The van der Waals surface area contributed by atoms with E-state index in [1.807, 2.05) is 44.2 Å². The molecule has 0 heterocycles. The van der Waals surface area contributed by atoms with Gasteiger partial charge in [0.15, 0.2) is 0 Å². The molecule has 2 unspecified atom stereocenters. The molecule has 3 heteroatoms. The summed E-state index contributed by atoms with van der Waals surface area (Å²) in [4.78, 5) is 13.7. The number of benzene rings is 1. The van der Waals surface area contributed by atoms with Crippen molar-refractivity contribution in [2.24, 2.45) is 0 Å². The van der Waals surface area contributed by atoms with Crippen LogP contribution in [0.25, 0.3) is 0 Å². The highest BCUT2D eigenvalue weighted by molar-refractivity contribution is 6.20. The lowest BCUT2D eigenvalue weighted by molar-refractivity contribution is -0.131. The molecule has 0 N–H and O–H groups in total. The Morgan fingerprint density at radius 1 is 1.31 bits per heavy atom. The number of alkyl halides is 1. The predicted octanol–water partition coefficient (Wildman–Crippen LogP) is 2.88. The number of amides is 1. The topological polar surface area (TPSA) is 20.3 Å². The molecule has 0 aliphatic rings. The zero-order chi connectivity index (χ0) is 12.1. The molecule has 88 valence electrons. The Kier molecular flexibility index (Phi) is 4.81. The number of hydrogen-bond donors (Lipinski definition) is 0. The Hall–Kier alpha value is -1.02. The zero-order valence-electron chi connectivity index (χ0n) is 9.98. The largest absolute Gasteiger partial charge is 0.344 e. The summed E-state index contributed by atoms with van der Waals surface area (Å²) in [6.07, 6.45) is 0. The fraction of sp³-hybridized carbons (Fsp3) is 0.462. The summed E-state index contributed by atoms with van der Waals surface area (Å²) in [6, 6.07) is 9.79. The smallest absolute Gasteiger partial charge is 0.229 e. The summed E-state index contributed by atoms with van der Waals surface area (Å²) in [5, 5.41) is -0.0167. The molecule has 0 aromatic heterocycles. The molecule has 0 radical (unpaired) electrons. The molecule has 0 fully saturated rings. The maximum atomic E-state index is 12.0. The monoisotopic (exact) mass is 239 g/mol. The van der Waals surface area contributed by atoms with Gasteiger partial charge in [0.2, 0.25) is 5.91 Å². The minimum Gasteiger partial charge on any atom is -0.344 e. The van der Waals surface area contributed by atoms with Gasteiger partial charge in [0.05, 0.1) is 5.92 Å². The molecule has 0 spiro atoms. The van der Waals surface area contributed by atoms with Crippen LogP contribution in [0.15, 0.2) is 30.3 Å². The SMILES string of the molecule is CC(Cl)CN(C)C(=O)C(C)c1ccccc1. The fourth-order valence-electron chi connectivity index (χ4n) is 1.68. The second kappa shape index (κ2) is 5.90. The van der Waals surface area contributed by atoms with E-state index in [0.29, 0.717) is 6.54 Å².